The lowest BCUT2D eigenvalue weighted by Gasteiger charge is -2.10. The normalized spacial score (nSPS) is 14.2. The monoisotopic (exact) mass is 315 g/mol. The Bertz CT molecular complexity index is 512. The van der Waals surface area contributed by atoms with Crippen molar-refractivity contribution in [3.8, 4) is 5.75 Å². The van der Waals surface area contributed by atoms with E-state index >= 15 is 0 Å². The molecule has 1 unspecified atom stereocenters. The first-order valence-electron chi connectivity index (χ1n) is 5.14. The summed E-state index contributed by atoms with van der Waals surface area (Å²) in [6.45, 7) is 1.82. The number of ether oxygens (including phenoxy) is 1. The molecule has 9 heteroatoms. The van der Waals surface area contributed by atoms with Gasteiger partial charge in [-0.25, -0.2) is 13.1 Å². The van der Waals surface area contributed by atoms with Crippen molar-refractivity contribution in [3.63, 3.8) is 0 Å². The number of nitrogens with one attached hydrogen (secondary N) is 1. The van der Waals surface area contributed by atoms with Crippen molar-refractivity contribution in [1.82, 2.24) is 4.72 Å². The van der Waals surface area contributed by atoms with Crippen LogP contribution in [-0.4, -0.2) is 26.6 Å². The molecule has 0 amide bonds. The van der Waals surface area contributed by atoms with Gasteiger partial charge < -0.3 is 4.74 Å². The number of hydrogen-bond acceptors (Lipinski definition) is 4. The minimum Gasteiger partial charge on any atom is -0.406 e. The summed E-state index contributed by atoms with van der Waals surface area (Å²) in [4.78, 5) is -0.143. The van der Waals surface area contributed by atoms with Gasteiger partial charge in [0, 0.05) is 11.8 Å². The molecule has 1 rings (SSSR count). The Labute approximate surface area is 114 Å². The van der Waals surface area contributed by atoms with Crippen LogP contribution in [0.15, 0.2) is 29.2 Å². The minimum atomic E-state index is -4.81. The first-order chi connectivity index (χ1) is 8.60. The summed E-state index contributed by atoms with van der Waals surface area (Å²) >= 11 is 4.01. The molecule has 0 spiro atoms. The summed E-state index contributed by atoms with van der Waals surface area (Å²) in [5, 5.41) is -0.178. The molecule has 0 saturated carbocycles. The van der Waals surface area contributed by atoms with Gasteiger partial charge in [0.05, 0.1) is 4.90 Å². The lowest BCUT2D eigenvalue weighted by Crippen LogP contribution is -2.28. The lowest BCUT2D eigenvalue weighted by molar-refractivity contribution is -0.274. The topological polar surface area (TPSA) is 55.4 Å². The maximum Gasteiger partial charge on any atom is 0.573 e. The average Bonchev–Trinajstić information content (AvgIpc) is 2.25. The van der Waals surface area contributed by atoms with Gasteiger partial charge in [-0.1, -0.05) is 6.92 Å². The highest BCUT2D eigenvalue weighted by Crippen LogP contribution is 2.23. The van der Waals surface area contributed by atoms with Crippen LogP contribution in [0, 0.1) is 0 Å². The molecule has 108 valence electrons. The molecule has 19 heavy (non-hydrogen) atoms. The lowest BCUT2D eigenvalue weighted by atomic mass is 10.3. The summed E-state index contributed by atoms with van der Waals surface area (Å²) in [6, 6.07) is 3.94. The molecule has 0 aliphatic carbocycles. The average molecular weight is 315 g/mol. The van der Waals surface area contributed by atoms with Gasteiger partial charge in [0.2, 0.25) is 10.0 Å². The zero-order valence-corrected chi connectivity index (χ0v) is 11.5. The number of alkyl halides is 3. The van der Waals surface area contributed by atoms with Crippen LogP contribution < -0.4 is 9.46 Å². The molecule has 1 aromatic carbocycles. The molecule has 0 aliphatic rings. The summed E-state index contributed by atoms with van der Waals surface area (Å²) in [5.74, 6) is -0.478. The maximum absolute atomic E-state index is 11.9. The molecule has 1 N–H and O–H groups in total. The van der Waals surface area contributed by atoms with Crippen LogP contribution in [-0.2, 0) is 10.0 Å². The molecular formula is C10H12F3NO3S2. The molecule has 0 saturated heterocycles. The number of benzene rings is 1. The Morgan fingerprint density at radius 3 is 2.26 bits per heavy atom. The second-order valence-corrected chi connectivity index (χ2v) is 6.37. The number of sulfonamides is 1. The van der Waals surface area contributed by atoms with E-state index in [1.807, 2.05) is 0 Å². The first kappa shape index (κ1) is 16.1. The smallest absolute Gasteiger partial charge is 0.406 e. The predicted molar refractivity (Wildman–Crippen MR) is 66.8 cm³/mol. The van der Waals surface area contributed by atoms with Gasteiger partial charge >= 0.3 is 6.36 Å². The standard InChI is InChI=1S/C10H12F3NO3S2/c1-7(18)6-14-19(15,16)9-4-2-8(3-5-9)17-10(11,12)13/h2-5,7,14,18H,6H2,1H3. The zero-order chi connectivity index (χ0) is 14.7. The molecule has 0 fully saturated rings. The molecule has 0 aliphatic heterocycles. The van der Waals surface area contributed by atoms with Crippen LogP contribution in [0.2, 0.25) is 0 Å². The molecule has 1 aromatic rings. The fraction of sp³-hybridized carbons (Fsp3) is 0.400. The number of rotatable bonds is 5. The van der Waals surface area contributed by atoms with Gasteiger partial charge in [-0.05, 0) is 24.3 Å². The summed E-state index contributed by atoms with van der Waals surface area (Å²) in [5.41, 5.74) is 0. The van der Waals surface area contributed by atoms with Crippen molar-refractivity contribution >= 4 is 22.7 Å². The largest absolute Gasteiger partial charge is 0.573 e. The van der Waals surface area contributed by atoms with E-state index < -0.39 is 22.1 Å². The molecule has 0 heterocycles. The second kappa shape index (κ2) is 6.02. The number of thiol groups is 1. The maximum atomic E-state index is 11.9. The highest BCUT2D eigenvalue weighted by molar-refractivity contribution is 7.89. The molecular weight excluding hydrogens is 303 g/mol. The van der Waals surface area contributed by atoms with Gasteiger partial charge in [-0.2, -0.15) is 12.6 Å². The Kier molecular flexibility index (Phi) is 5.11. The highest BCUT2D eigenvalue weighted by Gasteiger charge is 2.31. The SMILES string of the molecule is CC(S)CNS(=O)(=O)c1ccc(OC(F)(F)F)cc1. The van der Waals surface area contributed by atoms with Crippen LogP contribution in [0.3, 0.4) is 0 Å². The van der Waals surface area contributed by atoms with Crippen molar-refractivity contribution in [1.29, 1.82) is 0 Å². The van der Waals surface area contributed by atoms with Crippen molar-refractivity contribution < 1.29 is 26.3 Å². The molecule has 0 aromatic heterocycles. The van der Waals surface area contributed by atoms with Crippen LogP contribution in [0.25, 0.3) is 0 Å². The number of hydrogen-bond donors (Lipinski definition) is 2. The van der Waals surface area contributed by atoms with E-state index in [1.165, 1.54) is 0 Å². The third-order valence-electron chi connectivity index (χ3n) is 1.94. The van der Waals surface area contributed by atoms with Crippen molar-refractivity contribution in [2.45, 2.75) is 23.4 Å². The van der Waals surface area contributed by atoms with Crippen LogP contribution in [0.4, 0.5) is 13.2 Å². The van der Waals surface area contributed by atoms with E-state index in [0.29, 0.717) is 0 Å². The third-order valence-corrected chi connectivity index (χ3v) is 3.56. The van der Waals surface area contributed by atoms with Crippen LogP contribution in [0.1, 0.15) is 6.92 Å². The molecule has 1 atom stereocenters. The Morgan fingerprint density at radius 1 is 1.32 bits per heavy atom. The van der Waals surface area contributed by atoms with Gasteiger partial charge in [0.25, 0.3) is 0 Å². The quantitative estimate of drug-likeness (QED) is 0.819. The summed E-state index contributed by atoms with van der Waals surface area (Å²) < 4.78 is 65.1. The van der Waals surface area contributed by atoms with E-state index in [9.17, 15) is 21.6 Å². The second-order valence-electron chi connectivity index (χ2n) is 3.72. The molecule has 4 nitrogen and oxygen atoms in total. The van der Waals surface area contributed by atoms with Gasteiger partial charge in [-0.15, -0.1) is 13.2 Å². The Hall–Kier alpha value is -0.930. The van der Waals surface area contributed by atoms with E-state index in [-0.39, 0.29) is 16.7 Å². The van der Waals surface area contributed by atoms with Crippen molar-refractivity contribution in [2.24, 2.45) is 0 Å². The van der Waals surface area contributed by atoms with E-state index in [0.717, 1.165) is 24.3 Å². The van der Waals surface area contributed by atoms with Gasteiger partial charge in [0.1, 0.15) is 5.75 Å². The van der Waals surface area contributed by atoms with Gasteiger partial charge in [-0.3, -0.25) is 0 Å². The zero-order valence-electron chi connectivity index (χ0n) is 9.81. The Morgan fingerprint density at radius 2 is 1.84 bits per heavy atom. The molecule has 0 radical (unpaired) electrons. The van der Waals surface area contributed by atoms with Gasteiger partial charge in [0.15, 0.2) is 0 Å². The summed E-state index contributed by atoms with van der Waals surface area (Å²) in [7, 11) is -3.75. The van der Waals surface area contributed by atoms with Crippen molar-refractivity contribution in [2.75, 3.05) is 6.54 Å². The highest BCUT2D eigenvalue weighted by atomic mass is 32.2. The summed E-state index contributed by atoms with van der Waals surface area (Å²) in [6.07, 6.45) is -4.81. The number of halogens is 3. The third kappa shape index (κ3) is 5.70. The van der Waals surface area contributed by atoms with Crippen LogP contribution >= 0.6 is 12.6 Å². The molecule has 0 bridgehead atoms. The van der Waals surface area contributed by atoms with E-state index in [1.54, 1.807) is 6.92 Å². The van der Waals surface area contributed by atoms with E-state index in [2.05, 4.69) is 22.1 Å². The predicted octanol–water partition coefficient (Wildman–Crippen LogP) is 2.18. The fourth-order valence-corrected chi connectivity index (χ4v) is 2.48. The van der Waals surface area contributed by atoms with E-state index in [4.69, 9.17) is 0 Å². The Balaban J connectivity index is 2.81. The van der Waals surface area contributed by atoms with Crippen LogP contribution in [0.5, 0.6) is 5.75 Å². The fourth-order valence-electron chi connectivity index (χ4n) is 1.13. The van der Waals surface area contributed by atoms with Crippen molar-refractivity contribution in [3.05, 3.63) is 24.3 Å². The first-order valence-corrected chi connectivity index (χ1v) is 7.14. The minimum absolute atomic E-state index is 0.117.